The summed E-state index contributed by atoms with van der Waals surface area (Å²) in [5.41, 5.74) is -0.720. The average molecular weight is 446 g/mol. The number of ether oxygens (including phenoxy) is 2. The van der Waals surface area contributed by atoms with Gasteiger partial charge in [-0.2, -0.15) is 0 Å². The van der Waals surface area contributed by atoms with Gasteiger partial charge in [-0.05, 0) is 39.5 Å². The number of rotatable bonds is 10. The first-order valence-electron chi connectivity index (χ1n) is 11.9. The molecule has 2 fully saturated rings. The van der Waals surface area contributed by atoms with Crippen LogP contribution in [-0.2, 0) is 24.3 Å². The number of nitrogens with zero attached hydrogens (tertiary/aromatic N) is 1. The van der Waals surface area contributed by atoms with E-state index in [4.69, 9.17) is 9.47 Å². The molecule has 176 valence electrons. The molecular weight excluding hydrogens is 402 g/mol. The van der Waals surface area contributed by atoms with Crippen LogP contribution in [0.2, 0.25) is 0 Å². The fourth-order valence-corrected chi connectivity index (χ4v) is 6.66. The SMILES string of the molecule is CCCCCCCCC1CCN(S(=O)(=O)C2(C(=O)OC(C)(C)C)CCOCC2)CC1. The molecule has 2 aliphatic heterocycles. The first kappa shape index (κ1) is 25.6. The highest BCUT2D eigenvalue weighted by molar-refractivity contribution is 7.91. The summed E-state index contributed by atoms with van der Waals surface area (Å²) in [6.07, 6.45) is 11.0. The van der Waals surface area contributed by atoms with Crippen LogP contribution in [0.4, 0.5) is 0 Å². The Morgan fingerprint density at radius 3 is 2.17 bits per heavy atom. The third-order valence-corrected chi connectivity index (χ3v) is 9.05. The molecule has 6 nitrogen and oxygen atoms in total. The van der Waals surface area contributed by atoms with E-state index in [0.29, 0.717) is 19.0 Å². The van der Waals surface area contributed by atoms with Crippen molar-refractivity contribution in [1.29, 1.82) is 0 Å². The Hall–Kier alpha value is -0.660. The van der Waals surface area contributed by atoms with Crippen molar-refractivity contribution in [2.24, 2.45) is 5.92 Å². The molecule has 2 saturated heterocycles. The minimum atomic E-state index is -3.80. The van der Waals surface area contributed by atoms with Gasteiger partial charge >= 0.3 is 5.97 Å². The van der Waals surface area contributed by atoms with Crippen molar-refractivity contribution in [3.8, 4) is 0 Å². The smallest absolute Gasteiger partial charge is 0.329 e. The summed E-state index contributed by atoms with van der Waals surface area (Å²) < 4.78 is 38.3. The number of esters is 1. The van der Waals surface area contributed by atoms with Crippen LogP contribution in [0.1, 0.15) is 98.3 Å². The highest BCUT2D eigenvalue weighted by Gasteiger charge is 2.56. The fourth-order valence-electron chi connectivity index (χ4n) is 4.54. The Balaban J connectivity index is 1.95. The summed E-state index contributed by atoms with van der Waals surface area (Å²) in [5, 5.41) is 0. The lowest BCUT2D eigenvalue weighted by Crippen LogP contribution is -2.59. The molecule has 2 heterocycles. The number of carbonyl (C=O) groups is 1. The Bertz CT molecular complexity index is 626. The summed E-state index contributed by atoms with van der Waals surface area (Å²) in [7, 11) is -3.80. The van der Waals surface area contributed by atoms with Gasteiger partial charge in [0.15, 0.2) is 4.75 Å². The van der Waals surface area contributed by atoms with Gasteiger partial charge in [-0.3, -0.25) is 4.79 Å². The maximum absolute atomic E-state index is 13.6. The van der Waals surface area contributed by atoms with Gasteiger partial charge in [0.1, 0.15) is 5.60 Å². The average Bonchev–Trinajstić information content (AvgIpc) is 2.70. The first-order chi connectivity index (χ1) is 14.1. The minimum Gasteiger partial charge on any atom is -0.459 e. The van der Waals surface area contributed by atoms with Crippen LogP contribution in [0.3, 0.4) is 0 Å². The topological polar surface area (TPSA) is 72.9 Å². The Morgan fingerprint density at radius 2 is 1.60 bits per heavy atom. The number of carbonyl (C=O) groups excluding carboxylic acids is 1. The maximum Gasteiger partial charge on any atom is 0.329 e. The molecule has 0 N–H and O–H groups in total. The van der Waals surface area contributed by atoms with Gasteiger partial charge in [0, 0.05) is 39.1 Å². The molecule has 0 atom stereocenters. The normalized spacial score (nSPS) is 21.5. The number of sulfonamides is 1. The number of hydrogen-bond acceptors (Lipinski definition) is 5. The van der Waals surface area contributed by atoms with Crippen molar-refractivity contribution in [3.05, 3.63) is 0 Å². The van der Waals surface area contributed by atoms with E-state index in [2.05, 4.69) is 6.92 Å². The molecule has 0 bridgehead atoms. The van der Waals surface area contributed by atoms with E-state index in [1.54, 1.807) is 25.1 Å². The zero-order chi connectivity index (χ0) is 22.3. The molecule has 0 amide bonds. The van der Waals surface area contributed by atoms with Gasteiger partial charge < -0.3 is 9.47 Å². The lowest BCUT2D eigenvalue weighted by atomic mass is 9.92. The van der Waals surface area contributed by atoms with Gasteiger partial charge in [0.2, 0.25) is 10.0 Å². The van der Waals surface area contributed by atoms with E-state index < -0.39 is 26.3 Å². The van der Waals surface area contributed by atoms with Crippen LogP contribution in [0.25, 0.3) is 0 Å². The van der Waals surface area contributed by atoms with Crippen molar-refractivity contribution in [2.45, 2.75) is 109 Å². The van der Waals surface area contributed by atoms with E-state index >= 15 is 0 Å². The molecule has 2 rings (SSSR count). The molecule has 0 aromatic carbocycles. The molecule has 0 aromatic heterocycles. The van der Waals surface area contributed by atoms with E-state index in [-0.39, 0.29) is 26.1 Å². The molecule has 0 aliphatic carbocycles. The molecule has 0 radical (unpaired) electrons. The number of hydrogen-bond donors (Lipinski definition) is 0. The van der Waals surface area contributed by atoms with Gasteiger partial charge in [0.25, 0.3) is 0 Å². The molecule has 0 unspecified atom stereocenters. The summed E-state index contributed by atoms with van der Waals surface area (Å²) in [5.74, 6) is -0.0257. The van der Waals surface area contributed by atoms with Gasteiger partial charge in [-0.25, -0.2) is 12.7 Å². The highest BCUT2D eigenvalue weighted by atomic mass is 32.2. The Labute approximate surface area is 184 Å². The van der Waals surface area contributed by atoms with Crippen LogP contribution in [-0.4, -0.2) is 55.3 Å². The summed E-state index contributed by atoms with van der Waals surface area (Å²) in [6, 6.07) is 0. The van der Waals surface area contributed by atoms with Crippen LogP contribution >= 0.6 is 0 Å². The van der Waals surface area contributed by atoms with E-state index in [9.17, 15) is 13.2 Å². The van der Waals surface area contributed by atoms with Crippen LogP contribution in [0.5, 0.6) is 0 Å². The monoisotopic (exact) mass is 445 g/mol. The Kier molecular flexibility index (Phi) is 9.62. The van der Waals surface area contributed by atoms with Crippen molar-refractivity contribution < 1.29 is 22.7 Å². The second-order valence-electron chi connectivity index (χ2n) is 10.0. The first-order valence-corrected chi connectivity index (χ1v) is 13.4. The molecule has 30 heavy (non-hydrogen) atoms. The second-order valence-corrected chi connectivity index (χ2v) is 12.3. The maximum atomic E-state index is 13.6. The summed E-state index contributed by atoms with van der Waals surface area (Å²) in [6.45, 7) is 9.12. The summed E-state index contributed by atoms with van der Waals surface area (Å²) >= 11 is 0. The lowest BCUT2D eigenvalue weighted by Gasteiger charge is -2.41. The number of unbranched alkanes of at least 4 members (excludes halogenated alkanes) is 5. The van der Waals surface area contributed by atoms with E-state index in [1.807, 2.05) is 0 Å². The minimum absolute atomic E-state index is 0.169. The lowest BCUT2D eigenvalue weighted by molar-refractivity contribution is -0.161. The van der Waals surface area contributed by atoms with Gasteiger partial charge in [-0.1, -0.05) is 51.9 Å². The molecule has 2 aliphatic rings. The van der Waals surface area contributed by atoms with Crippen molar-refractivity contribution >= 4 is 16.0 Å². The molecular formula is C23H43NO5S. The van der Waals surface area contributed by atoms with Crippen molar-refractivity contribution in [3.63, 3.8) is 0 Å². The zero-order valence-electron chi connectivity index (χ0n) is 19.6. The fraction of sp³-hybridized carbons (Fsp3) is 0.957. The van der Waals surface area contributed by atoms with E-state index in [0.717, 1.165) is 12.8 Å². The third-order valence-electron chi connectivity index (χ3n) is 6.44. The zero-order valence-corrected chi connectivity index (χ0v) is 20.4. The predicted molar refractivity (Wildman–Crippen MR) is 120 cm³/mol. The second kappa shape index (κ2) is 11.3. The molecule has 0 spiro atoms. The van der Waals surface area contributed by atoms with E-state index in [1.165, 1.54) is 44.9 Å². The van der Waals surface area contributed by atoms with Crippen molar-refractivity contribution in [1.82, 2.24) is 4.31 Å². The quantitative estimate of drug-likeness (QED) is 0.361. The standard InChI is InChI=1S/C23H43NO5S/c1-5-6-7-8-9-10-11-20-12-16-24(17-13-20)30(26,27)23(14-18-28-19-15-23)21(25)29-22(2,3)4/h20H,5-19H2,1-4H3. The highest BCUT2D eigenvalue weighted by Crippen LogP contribution is 2.37. The number of piperidine rings is 1. The summed E-state index contributed by atoms with van der Waals surface area (Å²) in [4.78, 5) is 13.1. The van der Waals surface area contributed by atoms with Crippen molar-refractivity contribution in [2.75, 3.05) is 26.3 Å². The largest absolute Gasteiger partial charge is 0.459 e. The predicted octanol–water partition coefficient (Wildman–Crippen LogP) is 4.67. The van der Waals surface area contributed by atoms with Crippen LogP contribution < -0.4 is 0 Å². The Morgan fingerprint density at radius 1 is 1.03 bits per heavy atom. The van der Waals surface area contributed by atoms with Gasteiger partial charge in [0.05, 0.1) is 0 Å². The van der Waals surface area contributed by atoms with Crippen LogP contribution in [0, 0.1) is 5.92 Å². The van der Waals surface area contributed by atoms with Gasteiger partial charge in [-0.15, -0.1) is 0 Å². The molecule has 0 aromatic rings. The van der Waals surface area contributed by atoms with Crippen LogP contribution in [0.15, 0.2) is 0 Å². The molecule has 7 heteroatoms. The third kappa shape index (κ3) is 6.67. The molecule has 0 saturated carbocycles.